The Morgan fingerprint density at radius 1 is 1.12 bits per heavy atom. The number of hydrogen-bond acceptors (Lipinski definition) is 4. The van der Waals surface area contributed by atoms with Crippen LogP contribution in [-0.4, -0.2) is 25.2 Å². The minimum absolute atomic E-state index is 0.130. The molecule has 1 aromatic rings. The number of carbonyl (C=O) groups is 2. The number of ether oxygens (including phenoxy) is 2. The molecule has 0 aromatic heterocycles. The van der Waals surface area contributed by atoms with Gasteiger partial charge in [-0.25, -0.2) is 9.59 Å². The van der Waals surface area contributed by atoms with E-state index in [0.29, 0.717) is 5.56 Å². The van der Waals surface area contributed by atoms with E-state index in [1.165, 1.54) is 7.11 Å². The number of methoxy groups -OCH3 is 1. The number of rotatable bonds is 4. The van der Waals surface area contributed by atoms with E-state index in [1.807, 2.05) is 0 Å². The molecular weight excluding hydrogens is 220 g/mol. The molecule has 0 aliphatic rings. The smallest absolute Gasteiger partial charge is 0.347 e. The van der Waals surface area contributed by atoms with E-state index in [4.69, 9.17) is 4.74 Å². The molecule has 0 saturated heterocycles. The molecule has 17 heavy (non-hydrogen) atoms. The fraction of sp³-hybridized carbons (Fsp3) is 0.385. The van der Waals surface area contributed by atoms with Crippen molar-refractivity contribution in [2.45, 2.75) is 20.0 Å². The Bertz CT molecular complexity index is 384. The molecule has 4 heteroatoms. The number of carbonyl (C=O) groups excluding carboxylic acids is 2. The standard InChI is InChI=1S/C13H16O4/c1-9(2)11(13(15)16-3)17-12(14)10-7-5-4-6-8-10/h4-9,11H,1-3H3. The quantitative estimate of drug-likeness (QED) is 0.751. The summed E-state index contributed by atoms with van der Waals surface area (Å²) in [5.74, 6) is -1.19. The second kappa shape index (κ2) is 6.03. The maximum Gasteiger partial charge on any atom is 0.347 e. The van der Waals surface area contributed by atoms with Crippen LogP contribution in [0, 0.1) is 5.92 Å². The lowest BCUT2D eigenvalue weighted by Crippen LogP contribution is -2.33. The molecule has 92 valence electrons. The molecule has 0 aliphatic heterocycles. The van der Waals surface area contributed by atoms with Gasteiger partial charge in [-0.1, -0.05) is 32.0 Å². The Labute approximate surface area is 101 Å². The first-order valence-electron chi connectivity index (χ1n) is 5.40. The lowest BCUT2D eigenvalue weighted by atomic mass is 10.1. The highest BCUT2D eigenvalue weighted by Gasteiger charge is 2.27. The minimum atomic E-state index is -0.868. The summed E-state index contributed by atoms with van der Waals surface area (Å²) in [6.07, 6.45) is -0.868. The molecule has 0 heterocycles. The van der Waals surface area contributed by atoms with Gasteiger partial charge in [0.05, 0.1) is 12.7 Å². The van der Waals surface area contributed by atoms with Crippen LogP contribution in [0.15, 0.2) is 30.3 Å². The molecule has 1 rings (SSSR count). The van der Waals surface area contributed by atoms with Crippen molar-refractivity contribution in [3.63, 3.8) is 0 Å². The van der Waals surface area contributed by atoms with Gasteiger partial charge < -0.3 is 9.47 Å². The fourth-order valence-corrected chi connectivity index (χ4v) is 1.33. The molecule has 1 unspecified atom stereocenters. The summed E-state index contributed by atoms with van der Waals surface area (Å²) < 4.78 is 9.73. The zero-order chi connectivity index (χ0) is 12.8. The first-order valence-corrected chi connectivity index (χ1v) is 5.40. The Hall–Kier alpha value is -1.84. The summed E-state index contributed by atoms with van der Waals surface area (Å²) >= 11 is 0. The molecular formula is C13H16O4. The van der Waals surface area contributed by atoms with Gasteiger partial charge in [-0.3, -0.25) is 0 Å². The largest absolute Gasteiger partial charge is 0.466 e. The number of esters is 2. The molecule has 0 amide bonds. The van der Waals surface area contributed by atoms with Gasteiger partial charge in [0.1, 0.15) is 0 Å². The van der Waals surface area contributed by atoms with Gasteiger partial charge in [0.2, 0.25) is 6.10 Å². The summed E-state index contributed by atoms with van der Waals surface area (Å²) in [7, 11) is 1.27. The van der Waals surface area contributed by atoms with Gasteiger partial charge in [0, 0.05) is 5.92 Å². The second-order valence-corrected chi connectivity index (χ2v) is 3.96. The third-order valence-electron chi connectivity index (χ3n) is 2.28. The molecule has 0 spiro atoms. The molecule has 1 aromatic carbocycles. The average Bonchev–Trinajstić information content (AvgIpc) is 2.35. The maximum absolute atomic E-state index is 11.7. The van der Waals surface area contributed by atoms with Crippen LogP contribution in [0.1, 0.15) is 24.2 Å². The third kappa shape index (κ3) is 3.59. The van der Waals surface area contributed by atoms with Crippen molar-refractivity contribution < 1.29 is 19.1 Å². The zero-order valence-corrected chi connectivity index (χ0v) is 10.2. The minimum Gasteiger partial charge on any atom is -0.466 e. The van der Waals surface area contributed by atoms with Gasteiger partial charge >= 0.3 is 11.9 Å². The second-order valence-electron chi connectivity index (χ2n) is 3.96. The van der Waals surface area contributed by atoms with E-state index < -0.39 is 18.0 Å². The lowest BCUT2D eigenvalue weighted by molar-refractivity contribution is -0.153. The third-order valence-corrected chi connectivity index (χ3v) is 2.28. The van der Waals surface area contributed by atoms with E-state index in [-0.39, 0.29) is 5.92 Å². The van der Waals surface area contributed by atoms with Gasteiger partial charge in [-0.2, -0.15) is 0 Å². The van der Waals surface area contributed by atoms with Gasteiger partial charge in [0.25, 0.3) is 0 Å². The van der Waals surface area contributed by atoms with Crippen molar-refractivity contribution in [3.8, 4) is 0 Å². The van der Waals surface area contributed by atoms with Crippen LogP contribution >= 0.6 is 0 Å². The van der Waals surface area contributed by atoms with Crippen LogP contribution in [-0.2, 0) is 14.3 Å². The van der Waals surface area contributed by atoms with Crippen molar-refractivity contribution in [1.29, 1.82) is 0 Å². The molecule has 0 bridgehead atoms. The summed E-state index contributed by atoms with van der Waals surface area (Å²) in [4.78, 5) is 23.2. The van der Waals surface area contributed by atoms with Crippen LogP contribution in [0.25, 0.3) is 0 Å². The molecule has 0 saturated carbocycles. The van der Waals surface area contributed by atoms with Crippen molar-refractivity contribution in [2.24, 2.45) is 5.92 Å². The Morgan fingerprint density at radius 3 is 2.18 bits per heavy atom. The summed E-state index contributed by atoms with van der Waals surface area (Å²) in [5.41, 5.74) is 0.419. The maximum atomic E-state index is 11.7. The van der Waals surface area contributed by atoms with E-state index >= 15 is 0 Å². The summed E-state index contributed by atoms with van der Waals surface area (Å²) in [5, 5.41) is 0. The predicted octanol–water partition coefficient (Wildman–Crippen LogP) is 2.04. The van der Waals surface area contributed by atoms with Crippen LogP contribution in [0.4, 0.5) is 0 Å². The topological polar surface area (TPSA) is 52.6 Å². The van der Waals surface area contributed by atoms with Crippen LogP contribution in [0.2, 0.25) is 0 Å². The Balaban J connectivity index is 2.75. The highest BCUT2D eigenvalue weighted by Crippen LogP contribution is 2.12. The molecule has 4 nitrogen and oxygen atoms in total. The Morgan fingerprint density at radius 2 is 1.71 bits per heavy atom. The normalized spacial score (nSPS) is 12.0. The monoisotopic (exact) mass is 236 g/mol. The highest BCUT2D eigenvalue weighted by atomic mass is 16.6. The zero-order valence-electron chi connectivity index (χ0n) is 10.2. The van der Waals surface area contributed by atoms with E-state index in [2.05, 4.69) is 4.74 Å². The molecule has 0 aliphatic carbocycles. The fourth-order valence-electron chi connectivity index (χ4n) is 1.33. The molecule has 0 radical (unpaired) electrons. The molecule has 1 atom stereocenters. The average molecular weight is 236 g/mol. The predicted molar refractivity (Wildman–Crippen MR) is 62.5 cm³/mol. The Kier molecular flexibility index (Phi) is 4.69. The van der Waals surface area contributed by atoms with E-state index in [9.17, 15) is 9.59 Å². The van der Waals surface area contributed by atoms with Gasteiger partial charge in [-0.05, 0) is 12.1 Å². The van der Waals surface area contributed by atoms with Crippen molar-refractivity contribution >= 4 is 11.9 Å². The van der Waals surface area contributed by atoms with Crippen LogP contribution in [0.3, 0.4) is 0 Å². The first kappa shape index (κ1) is 13.2. The highest BCUT2D eigenvalue weighted by molar-refractivity contribution is 5.91. The number of hydrogen-bond donors (Lipinski definition) is 0. The van der Waals surface area contributed by atoms with E-state index in [1.54, 1.807) is 44.2 Å². The summed E-state index contributed by atoms with van der Waals surface area (Å²) in [6.45, 7) is 3.58. The first-order chi connectivity index (χ1) is 8.06. The van der Waals surface area contributed by atoms with Gasteiger partial charge in [-0.15, -0.1) is 0 Å². The van der Waals surface area contributed by atoms with Gasteiger partial charge in [0.15, 0.2) is 0 Å². The van der Waals surface area contributed by atoms with Crippen molar-refractivity contribution in [3.05, 3.63) is 35.9 Å². The molecule has 0 fully saturated rings. The van der Waals surface area contributed by atoms with Crippen LogP contribution < -0.4 is 0 Å². The lowest BCUT2D eigenvalue weighted by Gasteiger charge is -2.18. The van der Waals surface area contributed by atoms with Crippen LogP contribution in [0.5, 0.6) is 0 Å². The summed E-state index contributed by atoms with van der Waals surface area (Å²) in [6, 6.07) is 8.54. The SMILES string of the molecule is COC(=O)C(OC(=O)c1ccccc1)C(C)C. The van der Waals surface area contributed by atoms with Crippen molar-refractivity contribution in [2.75, 3.05) is 7.11 Å². The van der Waals surface area contributed by atoms with E-state index in [0.717, 1.165) is 0 Å². The molecule has 0 N–H and O–H groups in total. The van der Waals surface area contributed by atoms with Crippen molar-refractivity contribution in [1.82, 2.24) is 0 Å². The number of benzene rings is 1.